The summed E-state index contributed by atoms with van der Waals surface area (Å²) in [7, 11) is 3.36. The highest BCUT2D eigenvalue weighted by Gasteiger charge is 2.29. The van der Waals surface area contributed by atoms with Gasteiger partial charge in [-0.2, -0.15) is 0 Å². The second-order valence-electron chi connectivity index (χ2n) is 9.89. The number of aromatic nitrogens is 6. The molecule has 0 bridgehead atoms. The number of carbonyl (C=O) groups is 2. The Morgan fingerprint density at radius 3 is 2.71 bits per heavy atom. The Bertz CT molecular complexity index is 1560. The van der Waals surface area contributed by atoms with E-state index >= 15 is 0 Å². The summed E-state index contributed by atoms with van der Waals surface area (Å²) in [5.41, 5.74) is 9.32. The lowest BCUT2D eigenvalue weighted by Gasteiger charge is -2.38. The minimum absolute atomic E-state index is 0.00286. The number of pyridine rings is 1. The van der Waals surface area contributed by atoms with Gasteiger partial charge in [-0.3, -0.25) is 19.2 Å². The fourth-order valence-electron chi connectivity index (χ4n) is 5.17. The maximum atomic E-state index is 13.4. The minimum atomic E-state index is -0.348. The molecule has 216 valence electrons. The molecule has 2 amide bonds. The molecule has 5 heterocycles. The number of nitrogens with zero attached hydrogens (tertiary/aromatic N) is 7. The number of carbonyl (C=O) groups excluding carboxylic acids is 2. The molecule has 4 aromatic rings. The molecule has 5 N–H and O–H groups in total. The molecule has 1 fully saturated rings. The summed E-state index contributed by atoms with van der Waals surface area (Å²) in [6, 6.07) is 1.54. The zero-order chi connectivity index (χ0) is 29.1. The quantitative estimate of drug-likeness (QED) is 0.235. The van der Waals surface area contributed by atoms with Gasteiger partial charge in [0.1, 0.15) is 5.69 Å². The van der Waals surface area contributed by atoms with E-state index in [1.165, 1.54) is 0 Å². The van der Waals surface area contributed by atoms with Gasteiger partial charge in [-0.1, -0.05) is 6.92 Å². The van der Waals surface area contributed by atoms with Crippen LogP contribution in [0.4, 0.5) is 17.5 Å². The number of nitrogens with two attached hydrogens (primary N) is 1. The van der Waals surface area contributed by atoms with Crippen LogP contribution in [0.3, 0.4) is 0 Å². The van der Waals surface area contributed by atoms with E-state index in [1.54, 1.807) is 42.3 Å². The van der Waals surface area contributed by atoms with Crippen LogP contribution in [0.25, 0.3) is 22.2 Å². The van der Waals surface area contributed by atoms with Gasteiger partial charge in [-0.25, -0.2) is 15.0 Å². The Morgan fingerprint density at radius 2 is 2.00 bits per heavy atom. The van der Waals surface area contributed by atoms with Crippen LogP contribution in [0.2, 0.25) is 0 Å². The molecule has 14 nitrogen and oxygen atoms in total. The van der Waals surface area contributed by atoms with E-state index in [9.17, 15) is 9.59 Å². The molecule has 5 rings (SSSR count). The van der Waals surface area contributed by atoms with Gasteiger partial charge in [0.05, 0.1) is 37.1 Å². The predicted molar refractivity (Wildman–Crippen MR) is 155 cm³/mol. The zero-order valence-electron chi connectivity index (χ0n) is 23.6. The Labute approximate surface area is 237 Å². The van der Waals surface area contributed by atoms with Crippen molar-refractivity contribution in [1.29, 1.82) is 0 Å². The largest absolute Gasteiger partial charge is 0.478 e. The molecule has 1 atom stereocenters. The minimum Gasteiger partial charge on any atom is -0.478 e. The average Bonchev–Trinajstić information content (AvgIpc) is 3.57. The number of piperazine rings is 1. The highest BCUT2D eigenvalue weighted by Crippen LogP contribution is 2.33. The molecule has 1 aliphatic heterocycles. The molecule has 1 unspecified atom stereocenters. The molecule has 0 radical (unpaired) electrons. The lowest BCUT2D eigenvalue weighted by Crippen LogP contribution is -2.55. The van der Waals surface area contributed by atoms with E-state index in [0.717, 1.165) is 22.2 Å². The molecule has 0 spiro atoms. The van der Waals surface area contributed by atoms with Crippen molar-refractivity contribution in [3.05, 3.63) is 36.4 Å². The Balaban J connectivity index is 1.36. The number of nitrogens with one attached hydrogen (secondary N) is 3. The number of amides is 2. The molecule has 0 aromatic carbocycles. The number of rotatable bonds is 9. The van der Waals surface area contributed by atoms with Crippen LogP contribution in [0, 0.1) is 6.92 Å². The first-order chi connectivity index (χ1) is 19.8. The van der Waals surface area contributed by atoms with Crippen LogP contribution in [0.5, 0.6) is 5.88 Å². The Kier molecular flexibility index (Phi) is 8.12. The fourth-order valence-corrected chi connectivity index (χ4v) is 5.17. The zero-order valence-corrected chi connectivity index (χ0v) is 23.6. The Hall–Kier alpha value is -4.56. The topological polar surface area (TPSA) is 172 Å². The molecule has 0 aliphatic carbocycles. The van der Waals surface area contributed by atoms with Crippen LogP contribution >= 0.6 is 0 Å². The number of methoxy groups -OCH3 is 1. The summed E-state index contributed by atoms with van der Waals surface area (Å²) < 4.78 is 6.97. The number of hydrogen-bond acceptors (Lipinski definition) is 10. The number of aromatic amines is 1. The molecular weight excluding hydrogens is 526 g/mol. The van der Waals surface area contributed by atoms with Crippen molar-refractivity contribution in [2.24, 2.45) is 12.8 Å². The first-order valence-corrected chi connectivity index (χ1v) is 13.5. The lowest BCUT2D eigenvalue weighted by molar-refractivity contribution is -0.132. The SMILES string of the molecule is CCC(C(=O)Nc1nccc2c(-c3nc(Nc4cn(C)nc4OC)ncc3C)c[nH]c12)N1CCN(C(=O)CN)CC1. The third kappa shape index (κ3) is 5.69. The molecule has 4 aromatic heterocycles. The summed E-state index contributed by atoms with van der Waals surface area (Å²) in [6.45, 7) is 6.24. The van der Waals surface area contributed by atoms with Crippen molar-refractivity contribution in [3.8, 4) is 17.1 Å². The molecule has 14 heteroatoms. The van der Waals surface area contributed by atoms with Crippen LogP contribution in [0.15, 0.2) is 30.9 Å². The second-order valence-corrected chi connectivity index (χ2v) is 9.89. The number of fused-ring (bicyclic) bond motifs is 1. The highest BCUT2D eigenvalue weighted by atomic mass is 16.5. The maximum Gasteiger partial charge on any atom is 0.256 e. The van der Waals surface area contributed by atoms with Crippen molar-refractivity contribution in [1.82, 2.24) is 39.5 Å². The van der Waals surface area contributed by atoms with Crippen molar-refractivity contribution >= 4 is 40.2 Å². The monoisotopic (exact) mass is 561 g/mol. The van der Waals surface area contributed by atoms with Crippen molar-refractivity contribution < 1.29 is 14.3 Å². The van der Waals surface area contributed by atoms with Gasteiger partial charge < -0.3 is 31.0 Å². The third-order valence-electron chi connectivity index (χ3n) is 7.28. The summed E-state index contributed by atoms with van der Waals surface area (Å²) in [4.78, 5) is 46.1. The van der Waals surface area contributed by atoms with Crippen LogP contribution in [-0.2, 0) is 16.6 Å². The van der Waals surface area contributed by atoms with Gasteiger partial charge in [0.25, 0.3) is 5.88 Å². The van der Waals surface area contributed by atoms with Crippen molar-refractivity contribution in [3.63, 3.8) is 0 Å². The van der Waals surface area contributed by atoms with E-state index in [0.29, 0.717) is 61.5 Å². The second kappa shape index (κ2) is 11.9. The summed E-state index contributed by atoms with van der Waals surface area (Å²) >= 11 is 0. The lowest BCUT2D eigenvalue weighted by atomic mass is 10.1. The molecule has 1 aliphatic rings. The first kappa shape index (κ1) is 28.0. The van der Waals surface area contributed by atoms with Gasteiger partial charge >= 0.3 is 0 Å². The number of H-pyrrole nitrogens is 1. The average molecular weight is 562 g/mol. The number of hydrogen-bond donors (Lipinski definition) is 4. The number of aryl methyl sites for hydroxylation is 2. The van der Waals surface area contributed by atoms with Gasteiger partial charge in [0, 0.05) is 62.8 Å². The Morgan fingerprint density at radius 1 is 1.22 bits per heavy atom. The van der Waals surface area contributed by atoms with Gasteiger partial charge in [0.2, 0.25) is 17.8 Å². The third-order valence-corrected chi connectivity index (χ3v) is 7.28. The highest BCUT2D eigenvalue weighted by molar-refractivity contribution is 6.05. The molecule has 1 saturated heterocycles. The summed E-state index contributed by atoms with van der Waals surface area (Å²) in [5.74, 6) is 1.07. The van der Waals surface area contributed by atoms with E-state index in [1.807, 2.05) is 26.1 Å². The van der Waals surface area contributed by atoms with Gasteiger partial charge in [0.15, 0.2) is 5.82 Å². The molecular formula is C27H35N11O3. The summed E-state index contributed by atoms with van der Waals surface area (Å²) in [6.07, 6.45) is 7.70. The predicted octanol–water partition coefficient (Wildman–Crippen LogP) is 1.63. The van der Waals surface area contributed by atoms with E-state index < -0.39 is 0 Å². The van der Waals surface area contributed by atoms with Crippen LogP contribution in [0.1, 0.15) is 18.9 Å². The maximum absolute atomic E-state index is 13.4. The number of anilines is 3. The standard InChI is InChI=1S/C27H35N11O3/c1-5-20(37-8-10-38(11-9-37)21(39)12-28)25(40)34-24-23-17(6-7-29-24)18(14-30-23)22-16(2)13-31-27(33-22)32-19-15-36(3)35-26(19)41-4/h6-7,13-15,20,30H,5,8-12,28H2,1-4H3,(H,29,34,40)(H,31,32,33). The number of ether oxygens (including phenoxy) is 1. The molecule has 41 heavy (non-hydrogen) atoms. The smallest absolute Gasteiger partial charge is 0.256 e. The van der Waals surface area contributed by atoms with E-state index in [2.05, 4.69) is 35.6 Å². The van der Waals surface area contributed by atoms with Gasteiger partial charge in [-0.05, 0) is 25.0 Å². The van der Waals surface area contributed by atoms with Gasteiger partial charge in [-0.15, -0.1) is 5.10 Å². The first-order valence-electron chi connectivity index (χ1n) is 13.5. The van der Waals surface area contributed by atoms with Crippen molar-refractivity contribution in [2.75, 3.05) is 50.5 Å². The normalized spacial score (nSPS) is 14.7. The summed E-state index contributed by atoms with van der Waals surface area (Å²) in [5, 5.41) is 11.3. The van der Waals surface area contributed by atoms with Crippen LogP contribution < -0.4 is 21.1 Å². The van der Waals surface area contributed by atoms with E-state index in [-0.39, 0.29) is 24.4 Å². The van der Waals surface area contributed by atoms with Crippen LogP contribution in [-0.4, -0.2) is 97.2 Å². The molecule has 0 saturated carbocycles. The fraction of sp³-hybridized carbons (Fsp3) is 0.407. The van der Waals surface area contributed by atoms with Crippen molar-refractivity contribution in [2.45, 2.75) is 26.3 Å². The van der Waals surface area contributed by atoms with E-state index in [4.69, 9.17) is 15.5 Å².